The normalized spacial score (nSPS) is 13.1. The summed E-state index contributed by atoms with van der Waals surface area (Å²) in [5.41, 5.74) is 2.93. The summed E-state index contributed by atoms with van der Waals surface area (Å²) in [6.45, 7) is 11.3. The molecule has 0 fully saturated rings. The summed E-state index contributed by atoms with van der Waals surface area (Å²) in [6.07, 6.45) is 0.803. The van der Waals surface area contributed by atoms with Gasteiger partial charge in [-0.2, -0.15) is 0 Å². The predicted molar refractivity (Wildman–Crippen MR) is 71.9 cm³/mol. The van der Waals surface area contributed by atoms with E-state index in [2.05, 4.69) is 32.2 Å². The summed E-state index contributed by atoms with van der Waals surface area (Å²) in [7, 11) is 0. The van der Waals surface area contributed by atoms with Gasteiger partial charge in [0, 0.05) is 6.04 Å². The van der Waals surface area contributed by atoms with E-state index in [1.807, 2.05) is 13.8 Å². The number of hydrogen-bond donors (Lipinski definition) is 1. The molecule has 0 amide bonds. The topological polar surface area (TPSA) is 12.0 Å². The van der Waals surface area contributed by atoms with E-state index < -0.39 is 0 Å². The van der Waals surface area contributed by atoms with Crippen LogP contribution >= 0.6 is 0 Å². The van der Waals surface area contributed by atoms with Crippen LogP contribution < -0.4 is 5.32 Å². The van der Waals surface area contributed by atoms with Gasteiger partial charge in [0.15, 0.2) is 0 Å². The van der Waals surface area contributed by atoms with Crippen molar-refractivity contribution in [2.75, 3.05) is 6.54 Å². The second-order valence-electron chi connectivity index (χ2n) is 5.41. The predicted octanol–water partition coefficient (Wildman–Crippen LogP) is 3.62. The van der Waals surface area contributed by atoms with Crippen molar-refractivity contribution in [3.8, 4) is 0 Å². The van der Waals surface area contributed by atoms with Crippen LogP contribution in [0.3, 0.4) is 0 Å². The molecule has 1 rings (SSSR count). The molecule has 0 aliphatic heterocycles. The molecule has 96 valence electrons. The fourth-order valence-electron chi connectivity index (χ4n) is 2.06. The lowest BCUT2D eigenvalue weighted by atomic mass is 9.95. The summed E-state index contributed by atoms with van der Waals surface area (Å²) < 4.78 is 13.9. The summed E-state index contributed by atoms with van der Waals surface area (Å²) in [6, 6.07) is 4.17. The molecule has 17 heavy (non-hydrogen) atoms. The lowest BCUT2D eigenvalue weighted by Gasteiger charge is -2.17. The van der Waals surface area contributed by atoms with Crippen molar-refractivity contribution in [2.24, 2.45) is 5.92 Å². The van der Waals surface area contributed by atoms with Gasteiger partial charge in [-0.3, -0.25) is 0 Å². The van der Waals surface area contributed by atoms with Crippen LogP contribution in [-0.4, -0.2) is 12.6 Å². The van der Waals surface area contributed by atoms with Gasteiger partial charge in [0.1, 0.15) is 5.82 Å². The highest BCUT2D eigenvalue weighted by Gasteiger charge is 2.11. The van der Waals surface area contributed by atoms with E-state index in [9.17, 15) is 4.39 Å². The van der Waals surface area contributed by atoms with E-state index in [4.69, 9.17) is 0 Å². The third-order valence-corrected chi connectivity index (χ3v) is 2.99. The molecule has 2 heteroatoms. The van der Waals surface area contributed by atoms with E-state index in [-0.39, 0.29) is 5.82 Å². The minimum absolute atomic E-state index is 0.0566. The van der Waals surface area contributed by atoms with Gasteiger partial charge in [-0.1, -0.05) is 26.8 Å². The zero-order valence-electron chi connectivity index (χ0n) is 11.6. The first-order chi connectivity index (χ1) is 7.90. The molecule has 1 aromatic carbocycles. The van der Waals surface area contributed by atoms with Crippen LogP contribution in [0, 0.1) is 25.6 Å². The quantitative estimate of drug-likeness (QED) is 0.824. The summed E-state index contributed by atoms with van der Waals surface area (Å²) in [4.78, 5) is 0. The maximum absolute atomic E-state index is 13.9. The lowest BCUT2D eigenvalue weighted by Crippen LogP contribution is -2.28. The van der Waals surface area contributed by atoms with Crippen LogP contribution in [0.5, 0.6) is 0 Å². The Morgan fingerprint density at radius 3 is 2.35 bits per heavy atom. The number of hydrogen-bond acceptors (Lipinski definition) is 1. The Morgan fingerprint density at radius 1 is 1.18 bits per heavy atom. The molecule has 0 spiro atoms. The number of benzene rings is 1. The first-order valence-electron chi connectivity index (χ1n) is 6.39. The van der Waals surface area contributed by atoms with Crippen molar-refractivity contribution in [1.82, 2.24) is 5.32 Å². The van der Waals surface area contributed by atoms with Gasteiger partial charge in [-0.05, 0) is 55.5 Å². The average Bonchev–Trinajstić information content (AvgIpc) is 2.20. The molecule has 0 aliphatic rings. The zero-order valence-corrected chi connectivity index (χ0v) is 11.6. The summed E-state index contributed by atoms with van der Waals surface area (Å²) in [5, 5.41) is 3.39. The van der Waals surface area contributed by atoms with Crippen LogP contribution in [-0.2, 0) is 6.42 Å². The highest BCUT2D eigenvalue weighted by atomic mass is 19.1. The minimum atomic E-state index is -0.0566. The van der Waals surface area contributed by atoms with Gasteiger partial charge in [-0.15, -0.1) is 0 Å². The number of rotatable bonds is 5. The highest BCUT2D eigenvalue weighted by Crippen LogP contribution is 2.19. The third-order valence-electron chi connectivity index (χ3n) is 2.99. The molecule has 0 heterocycles. The molecule has 0 aromatic heterocycles. The Morgan fingerprint density at radius 2 is 1.82 bits per heavy atom. The Labute approximate surface area is 104 Å². The third kappa shape index (κ3) is 4.47. The van der Waals surface area contributed by atoms with Gasteiger partial charge >= 0.3 is 0 Å². The largest absolute Gasteiger partial charge is 0.314 e. The Balaban J connectivity index is 2.68. The Bertz CT molecular complexity index is 348. The SMILES string of the molecule is Cc1cc(C)c(CC(C)CNC(C)C)c(F)c1. The van der Waals surface area contributed by atoms with Gasteiger partial charge in [-0.25, -0.2) is 4.39 Å². The van der Waals surface area contributed by atoms with Gasteiger partial charge in [0.2, 0.25) is 0 Å². The highest BCUT2D eigenvalue weighted by molar-refractivity contribution is 5.32. The van der Waals surface area contributed by atoms with E-state index in [0.717, 1.165) is 29.7 Å². The molecule has 0 saturated carbocycles. The first kappa shape index (κ1) is 14.2. The molecule has 0 saturated heterocycles. The van der Waals surface area contributed by atoms with Crippen molar-refractivity contribution in [1.29, 1.82) is 0 Å². The molecule has 1 N–H and O–H groups in total. The minimum Gasteiger partial charge on any atom is -0.314 e. The van der Waals surface area contributed by atoms with E-state index in [0.29, 0.717) is 12.0 Å². The van der Waals surface area contributed by atoms with Crippen molar-refractivity contribution in [3.63, 3.8) is 0 Å². The van der Waals surface area contributed by atoms with Crippen LogP contribution in [0.4, 0.5) is 4.39 Å². The van der Waals surface area contributed by atoms with Crippen molar-refractivity contribution in [2.45, 2.75) is 47.1 Å². The second kappa shape index (κ2) is 6.15. The molecular formula is C15H24FN. The number of halogens is 1. The molecule has 1 unspecified atom stereocenters. The molecule has 1 atom stereocenters. The van der Waals surface area contributed by atoms with Crippen molar-refractivity contribution < 1.29 is 4.39 Å². The van der Waals surface area contributed by atoms with E-state index >= 15 is 0 Å². The number of aryl methyl sites for hydroxylation is 2. The molecule has 0 bridgehead atoms. The molecule has 1 nitrogen and oxygen atoms in total. The fraction of sp³-hybridized carbons (Fsp3) is 0.600. The van der Waals surface area contributed by atoms with Gasteiger partial charge < -0.3 is 5.32 Å². The van der Waals surface area contributed by atoms with Crippen LogP contribution in [0.2, 0.25) is 0 Å². The lowest BCUT2D eigenvalue weighted by molar-refractivity contribution is 0.466. The van der Waals surface area contributed by atoms with Crippen LogP contribution in [0.15, 0.2) is 12.1 Å². The van der Waals surface area contributed by atoms with Gasteiger partial charge in [0.05, 0.1) is 0 Å². The van der Waals surface area contributed by atoms with Crippen molar-refractivity contribution in [3.05, 3.63) is 34.6 Å². The summed E-state index contributed by atoms with van der Waals surface area (Å²) >= 11 is 0. The summed E-state index contributed by atoms with van der Waals surface area (Å²) in [5.74, 6) is 0.396. The van der Waals surface area contributed by atoms with Crippen LogP contribution in [0.1, 0.15) is 37.5 Å². The molecule has 0 radical (unpaired) electrons. The molecular weight excluding hydrogens is 213 g/mol. The standard InChI is InChI=1S/C15H24FN/c1-10(2)17-9-12(4)7-14-13(5)6-11(3)8-15(14)16/h6,8,10,12,17H,7,9H2,1-5H3. The monoisotopic (exact) mass is 237 g/mol. The maximum atomic E-state index is 13.9. The fourth-order valence-corrected chi connectivity index (χ4v) is 2.06. The second-order valence-corrected chi connectivity index (χ2v) is 5.41. The van der Waals surface area contributed by atoms with E-state index in [1.54, 1.807) is 6.07 Å². The van der Waals surface area contributed by atoms with Gasteiger partial charge in [0.25, 0.3) is 0 Å². The Kier molecular flexibility index (Phi) is 5.13. The first-order valence-corrected chi connectivity index (χ1v) is 6.39. The van der Waals surface area contributed by atoms with Crippen molar-refractivity contribution >= 4 is 0 Å². The average molecular weight is 237 g/mol. The maximum Gasteiger partial charge on any atom is 0.126 e. The Hall–Kier alpha value is -0.890. The van der Waals surface area contributed by atoms with E-state index in [1.165, 1.54) is 0 Å². The molecule has 1 aromatic rings. The smallest absolute Gasteiger partial charge is 0.126 e. The molecule has 0 aliphatic carbocycles. The van der Waals surface area contributed by atoms with Crippen LogP contribution in [0.25, 0.3) is 0 Å². The zero-order chi connectivity index (χ0) is 13.0. The number of nitrogens with one attached hydrogen (secondary N) is 1.